The van der Waals surface area contributed by atoms with Gasteiger partial charge in [0.25, 0.3) is 0 Å². The maximum absolute atomic E-state index is 14.7. The van der Waals surface area contributed by atoms with E-state index in [1.807, 2.05) is 0 Å². The first-order chi connectivity index (χ1) is 15.3. The summed E-state index contributed by atoms with van der Waals surface area (Å²) in [5, 5.41) is 13.8. The molecule has 0 spiro atoms. The number of benzene rings is 2. The monoisotopic (exact) mass is 442 g/mol. The average Bonchev–Trinajstić information content (AvgIpc) is 2.78. The van der Waals surface area contributed by atoms with Crippen molar-refractivity contribution >= 4 is 40.4 Å². The molecule has 32 heavy (non-hydrogen) atoms. The number of carbonyl (C=O) groups excluding carboxylic acids is 1. The molecule has 2 heterocycles. The zero-order valence-corrected chi connectivity index (χ0v) is 16.9. The number of anilines is 5. The number of methoxy groups -OCH3 is 1. The Morgan fingerprint density at radius 3 is 2.59 bits per heavy atom. The number of halogens is 2. The minimum atomic E-state index is -1.08. The molecule has 0 fully saturated rings. The molecule has 0 saturated heterocycles. The van der Waals surface area contributed by atoms with Gasteiger partial charge in [0.1, 0.15) is 12.3 Å². The third kappa shape index (κ3) is 3.62. The summed E-state index contributed by atoms with van der Waals surface area (Å²) in [6.07, 6.45) is 0.903. The molecular weight excluding hydrogens is 426 g/mol. The van der Waals surface area contributed by atoms with Crippen molar-refractivity contribution < 1.29 is 23.2 Å². The molecule has 0 bridgehead atoms. The molecule has 12 heteroatoms. The van der Waals surface area contributed by atoms with Crippen LogP contribution in [0.5, 0.6) is 5.75 Å². The maximum atomic E-state index is 14.7. The molecule has 1 amide bonds. The summed E-state index contributed by atoms with van der Waals surface area (Å²) in [4.78, 5) is 33.5. The number of hydrogen-bond donors (Lipinski definition) is 1. The Labute approximate surface area is 180 Å². The number of nitro benzene ring substituents is 1. The number of carbonyl (C=O) groups is 1. The third-order valence-electron chi connectivity index (χ3n) is 4.89. The Kier molecular flexibility index (Phi) is 5.26. The smallest absolute Gasteiger partial charge is 0.307 e. The van der Waals surface area contributed by atoms with Crippen LogP contribution in [-0.2, 0) is 4.79 Å². The number of likely N-dealkylation sites (N-methyl/N-ethyl adjacent to an activating group) is 1. The molecule has 1 aliphatic rings. The van der Waals surface area contributed by atoms with E-state index in [9.17, 15) is 23.7 Å². The Bertz CT molecular complexity index is 1240. The second-order valence-corrected chi connectivity index (χ2v) is 6.78. The lowest BCUT2D eigenvalue weighted by molar-refractivity contribution is -0.387. The van der Waals surface area contributed by atoms with Crippen molar-refractivity contribution in [3.05, 3.63) is 64.3 Å². The van der Waals surface area contributed by atoms with E-state index in [0.717, 1.165) is 18.3 Å². The fourth-order valence-corrected chi connectivity index (χ4v) is 3.30. The van der Waals surface area contributed by atoms with E-state index in [2.05, 4.69) is 15.3 Å². The van der Waals surface area contributed by atoms with Crippen LogP contribution in [0.2, 0.25) is 0 Å². The van der Waals surface area contributed by atoms with Crippen molar-refractivity contribution in [1.29, 1.82) is 0 Å². The van der Waals surface area contributed by atoms with Crippen molar-refractivity contribution in [3.63, 3.8) is 0 Å². The van der Waals surface area contributed by atoms with E-state index in [-0.39, 0.29) is 35.7 Å². The highest BCUT2D eigenvalue weighted by atomic mass is 19.1. The fourth-order valence-electron chi connectivity index (χ4n) is 3.30. The highest BCUT2D eigenvalue weighted by Gasteiger charge is 2.30. The molecule has 10 nitrogen and oxygen atoms in total. The number of rotatable bonds is 5. The zero-order valence-electron chi connectivity index (χ0n) is 16.9. The molecule has 1 aromatic heterocycles. The summed E-state index contributed by atoms with van der Waals surface area (Å²) in [6, 6.07) is 8.72. The molecule has 3 aromatic rings. The number of nitro groups is 1. The van der Waals surface area contributed by atoms with Gasteiger partial charge in [0.15, 0.2) is 11.6 Å². The first-order valence-corrected chi connectivity index (χ1v) is 9.24. The minimum Gasteiger partial charge on any atom is -0.494 e. The van der Waals surface area contributed by atoms with Gasteiger partial charge in [0.05, 0.1) is 35.3 Å². The van der Waals surface area contributed by atoms with Gasteiger partial charge >= 0.3 is 5.69 Å². The lowest BCUT2D eigenvalue weighted by Crippen LogP contribution is -2.42. The Morgan fingerprint density at radius 1 is 1.19 bits per heavy atom. The second-order valence-electron chi connectivity index (χ2n) is 6.78. The van der Waals surface area contributed by atoms with Gasteiger partial charge in [-0.2, -0.15) is 9.37 Å². The van der Waals surface area contributed by atoms with Crippen LogP contribution < -0.4 is 19.9 Å². The molecule has 1 aliphatic heterocycles. The standard InChI is InChI=1S/C20H16F2N6O4/c1-26-14-5-3-4-6-15(14)27(10-18(26)29)19-12(22)9-23-20(25-19)24-13-8-16(28(30)31)11(21)7-17(13)32-2/h3-9H,10H2,1-2H3,(H,23,24,25). The number of hydrogen-bond acceptors (Lipinski definition) is 8. The van der Waals surface area contributed by atoms with Crippen molar-refractivity contribution in [3.8, 4) is 5.75 Å². The van der Waals surface area contributed by atoms with Crippen LogP contribution in [0.4, 0.5) is 43.3 Å². The third-order valence-corrected chi connectivity index (χ3v) is 4.89. The lowest BCUT2D eigenvalue weighted by atomic mass is 10.1. The molecule has 2 aromatic carbocycles. The van der Waals surface area contributed by atoms with E-state index < -0.39 is 22.2 Å². The van der Waals surface area contributed by atoms with Crippen LogP contribution in [0, 0.1) is 21.7 Å². The zero-order chi connectivity index (χ0) is 23.0. The molecule has 0 atom stereocenters. The van der Waals surface area contributed by atoms with E-state index in [0.29, 0.717) is 11.4 Å². The lowest BCUT2D eigenvalue weighted by Gasteiger charge is -2.34. The molecule has 1 N–H and O–H groups in total. The molecule has 0 radical (unpaired) electrons. The number of aromatic nitrogens is 2. The van der Waals surface area contributed by atoms with Crippen LogP contribution in [-0.4, -0.2) is 41.5 Å². The van der Waals surface area contributed by atoms with E-state index in [1.165, 1.54) is 16.9 Å². The SMILES string of the molecule is COc1cc(F)c([N+](=O)[O-])cc1Nc1ncc(F)c(N2CC(=O)N(C)c3ccccc32)n1. The number of nitrogens with one attached hydrogen (secondary N) is 1. The fraction of sp³-hybridized carbons (Fsp3) is 0.150. The second kappa shape index (κ2) is 8.06. The molecule has 0 aliphatic carbocycles. The molecule has 4 rings (SSSR count). The normalized spacial score (nSPS) is 13.1. The summed E-state index contributed by atoms with van der Waals surface area (Å²) in [5.41, 5.74) is 0.363. The Morgan fingerprint density at radius 2 is 1.91 bits per heavy atom. The summed E-state index contributed by atoms with van der Waals surface area (Å²) in [7, 11) is 2.88. The van der Waals surface area contributed by atoms with Gasteiger partial charge in [-0.3, -0.25) is 14.9 Å². The summed E-state index contributed by atoms with van der Waals surface area (Å²) in [5.74, 6) is -2.48. The van der Waals surface area contributed by atoms with Crippen LogP contribution in [0.1, 0.15) is 0 Å². The highest BCUT2D eigenvalue weighted by molar-refractivity contribution is 6.04. The van der Waals surface area contributed by atoms with E-state index in [4.69, 9.17) is 4.74 Å². The van der Waals surface area contributed by atoms with Gasteiger partial charge in [-0.05, 0) is 12.1 Å². The molecule has 0 saturated carbocycles. The minimum absolute atomic E-state index is 0.00742. The van der Waals surface area contributed by atoms with Crippen LogP contribution in [0.25, 0.3) is 0 Å². The van der Waals surface area contributed by atoms with Gasteiger partial charge in [-0.15, -0.1) is 0 Å². The molecule has 0 unspecified atom stereocenters. The molecular formula is C20H16F2N6O4. The van der Waals surface area contributed by atoms with Crippen molar-refractivity contribution in [2.75, 3.05) is 35.8 Å². The van der Waals surface area contributed by atoms with E-state index in [1.54, 1.807) is 31.3 Å². The van der Waals surface area contributed by atoms with Crippen molar-refractivity contribution in [2.45, 2.75) is 0 Å². The largest absolute Gasteiger partial charge is 0.494 e. The van der Waals surface area contributed by atoms with Gasteiger partial charge in [0, 0.05) is 19.2 Å². The summed E-state index contributed by atoms with van der Waals surface area (Å²) in [6.45, 7) is -0.160. The number of para-hydroxylation sites is 2. The number of amides is 1. The Balaban J connectivity index is 1.76. The van der Waals surface area contributed by atoms with Crippen LogP contribution >= 0.6 is 0 Å². The predicted octanol–water partition coefficient (Wildman–Crippen LogP) is 3.53. The van der Waals surface area contributed by atoms with Crippen molar-refractivity contribution in [1.82, 2.24) is 9.97 Å². The van der Waals surface area contributed by atoms with Gasteiger partial charge in [-0.1, -0.05) is 12.1 Å². The number of fused-ring (bicyclic) bond motifs is 1. The van der Waals surface area contributed by atoms with Crippen molar-refractivity contribution in [2.24, 2.45) is 0 Å². The van der Waals surface area contributed by atoms with E-state index >= 15 is 0 Å². The average molecular weight is 442 g/mol. The molecule has 164 valence electrons. The first kappa shape index (κ1) is 20.9. The quantitative estimate of drug-likeness (QED) is 0.472. The highest BCUT2D eigenvalue weighted by Crippen LogP contribution is 2.38. The maximum Gasteiger partial charge on any atom is 0.307 e. The summed E-state index contributed by atoms with van der Waals surface area (Å²) >= 11 is 0. The van der Waals surface area contributed by atoms with Crippen LogP contribution in [0.3, 0.4) is 0 Å². The van der Waals surface area contributed by atoms with Gasteiger partial charge in [-0.25, -0.2) is 9.37 Å². The van der Waals surface area contributed by atoms with Gasteiger partial charge in [0.2, 0.25) is 17.7 Å². The van der Waals surface area contributed by atoms with Gasteiger partial charge < -0.3 is 19.9 Å². The topological polar surface area (TPSA) is 114 Å². The number of nitrogens with zero attached hydrogens (tertiary/aromatic N) is 5. The number of ether oxygens (including phenoxy) is 1. The summed E-state index contributed by atoms with van der Waals surface area (Å²) < 4.78 is 33.7. The van der Waals surface area contributed by atoms with Crippen LogP contribution in [0.15, 0.2) is 42.6 Å². The Hall–Kier alpha value is -4.35. The predicted molar refractivity (Wildman–Crippen MR) is 112 cm³/mol. The first-order valence-electron chi connectivity index (χ1n) is 9.24.